The molecule has 0 saturated heterocycles. The Hall–Kier alpha value is -2.94. The van der Waals surface area contributed by atoms with E-state index in [0.717, 1.165) is 12.1 Å². The number of benzene rings is 2. The molecule has 0 aromatic heterocycles. The minimum atomic E-state index is -0.810. The quantitative estimate of drug-likeness (QED) is 0.696. The smallest absolute Gasteiger partial charge is 0.338 e. The van der Waals surface area contributed by atoms with Gasteiger partial charge >= 0.3 is 5.97 Å². The van der Waals surface area contributed by atoms with Crippen molar-refractivity contribution in [3.05, 3.63) is 64.7 Å². The van der Waals surface area contributed by atoms with Crippen LogP contribution in [0.1, 0.15) is 21.5 Å². The van der Waals surface area contributed by atoms with Gasteiger partial charge in [0.1, 0.15) is 18.2 Å². The summed E-state index contributed by atoms with van der Waals surface area (Å²) in [4.78, 5) is 11.7. The molecule has 2 N–H and O–H groups in total. The summed E-state index contributed by atoms with van der Waals surface area (Å²) in [7, 11) is 0. The van der Waals surface area contributed by atoms with Crippen LogP contribution in [0.25, 0.3) is 0 Å². The highest BCUT2D eigenvalue weighted by molar-refractivity contribution is 5.89. The van der Waals surface area contributed by atoms with Gasteiger partial charge in [0, 0.05) is 5.56 Å². The highest BCUT2D eigenvalue weighted by Crippen LogP contribution is 2.15. The molecule has 2 aromatic carbocycles. The Balaban J connectivity index is 2.11. The maximum absolute atomic E-state index is 13.5. The third-order valence-corrected chi connectivity index (χ3v) is 2.77. The Kier molecular flexibility index (Phi) is 4.14. The first kappa shape index (κ1) is 14.5. The van der Waals surface area contributed by atoms with Gasteiger partial charge in [0.2, 0.25) is 0 Å². The third kappa shape index (κ3) is 3.34. The Morgan fingerprint density at radius 3 is 2.62 bits per heavy atom. The number of carbonyl (C=O) groups is 1. The fourth-order valence-electron chi connectivity index (χ4n) is 1.64. The summed E-state index contributed by atoms with van der Waals surface area (Å²) >= 11 is 0. The molecule has 0 aliphatic heterocycles. The molecule has 0 atom stereocenters. The van der Waals surface area contributed by atoms with Crippen molar-refractivity contribution in [3.63, 3.8) is 0 Å². The van der Waals surface area contributed by atoms with Crippen molar-refractivity contribution >= 4 is 11.7 Å². The van der Waals surface area contributed by atoms with E-state index in [0.29, 0.717) is 0 Å². The second-order valence-electron chi connectivity index (χ2n) is 4.23. The number of hydrogen-bond acceptors (Lipinski definition) is 4. The lowest BCUT2D eigenvalue weighted by atomic mass is 10.1. The van der Waals surface area contributed by atoms with E-state index in [2.05, 4.69) is 0 Å². The van der Waals surface area contributed by atoms with Crippen molar-refractivity contribution in [2.75, 3.05) is 5.73 Å². The number of hydrogen-bond donors (Lipinski definition) is 1. The van der Waals surface area contributed by atoms with Crippen molar-refractivity contribution in [3.8, 4) is 6.07 Å². The predicted octanol–water partition coefficient (Wildman–Crippen LogP) is 2.78. The zero-order valence-electron chi connectivity index (χ0n) is 10.8. The van der Waals surface area contributed by atoms with Crippen LogP contribution >= 0.6 is 0 Å². The summed E-state index contributed by atoms with van der Waals surface area (Å²) in [5.74, 6) is -2.14. The minimum absolute atomic E-state index is 0.0291. The number of ether oxygens (including phenoxy) is 1. The van der Waals surface area contributed by atoms with Gasteiger partial charge in [0.05, 0.1) is 22.9 Å². The summed E-state index contributed by atoms with van der Waals surface area (Å²) in [6.07, 6.45) is 0. The molecule has 0 spiro atoms. The zero-order valence-corrected chi connectivity index (χ0v) is 10.8. The topological polar surface area (TPSA) is 76.1 Å². The number of esters is 1. The van der Waals surface area contributed by atoms with Gasteiger partial charge in [0.15, 0.2) is 0 Å². The van der Waals surface area contributed by atoms with Crippen molar-refractivity contribution in [2.45, 2.75) is 6.61 Å². The van der Waals surface area contributed by atoms with E-state index < -0.39 is 17.6 Å². The van der Waals surface area contributed by atoms with Crippen molar-refractivity contribution in [1.29, 1.82) is 5.26 Å². The second kappa shape index (κ2) is 6.01. The molecule has 0 unspecified atom stereocenters. The Bertz CT molecular complexity index is 739. The molecular weight excluding hydrogens is 278 g/mol. The fraction of sp³-hybridized carbons (Fsp3) is 0.0667. The van der Waals surface area contributed by atoms with E-state index in [1.807, 2.05) is 6.07 Å². The molecule has 0 radical (unpaired) electrons. The first-order valence-corrected chi connectivity index (χ1v) is 5.92. The van der Waals surface area contributed by atoms with Crippen LogP contribution in [-0.4, -0.2) is 5.97 Å². The van der Waals surface area contributed by atoms with Crippen LogP contribution in [0, 0.1) is 23.0 Å². The second-order valence-corrected chi connectivity index (χ2v) is 4.23. The molecule has 6 heteroatoms. The Labute approximate surface area is 119 Å². The van der Waals surface area contributed by atoms with Gasteiger partial charge in [-0.1, -0.05) is 0 Å². The van der Waals surface area contributed by atoms with Gasteiger partial charge < -0.3 is 10.5 Å². The molecule has 4 nitrogen and oxygen atoms in total. The van der Waals surface area contributed by atoms with Crippen molar-refractivity contribution in [1.82, 2.24) is 0 Å². The summed E-state index contributed by atoms with van der Waals surface area (Å²) < 4.78 is 31.6. The SMILES string of the molecule is N#Cc1ccc(F)c(COC(=O)c2ccc(N)c(F)c2)c1. The summed E-state index contributed by atoms with van der Waals surface area (Å²) in [5, 5.41) is 8.73. The number of nitriles is 1. The van der Waals surface area contributed by atoms with Gasteiger partial charge in [-0.25, -0.2) is 13.6 Å². The normalized spacial score (nSPS) is 9.95. The van der Waals surface area contributed by atoms with Crippen LogP contribution in [0.4, 0.5) is 14.5 Å². The number of anilines is 1. The number of carbonyl (C=O) groups excluding carboxylic acids is 1. The summed E-state index contributed by atoms with van der Waals surface area (Å²) in [6.45, 7) is -0.355. The van der Waals surface area contributed by atoms with Crippen LogP contribution in [0.2, 0.25) is 0 Å². The first-order chi connectivity index (χ1) is 10.0. The molecule has 2 aromatic rings. The van der Waals surface area contributed by atoms with Crippen LogP contribution in [0.3, 0.4) is 0 Å². The fourth-order valence-corrected chi connectivity index (χ4v) is 1.64. The van der Waals surface area contributed by atoms with E-state index in [-0.39, 0.29) is 29.0 Å². The van der Waals surface area contributed by atoms with Gasteiger partial charge in [-0.15, -0.1) is 0 Å². The number of nitrogen functional groups attached to an aromatic ring is 1. The molecular formula is C15H10F2N2O2. The minimum Gasteiger partial charge on any atom is -0.457 e. The standard InChI is InChI=1S/C15H10F2N2O2/c16-12-3-1-9(7-18)5-11(12)8-21-15(20)10-2-4-14(19)13(17)6-10/h1-6H,8,19H2. The Morgan fingerprint density at radius 1 is 1.19 bits per heavy atom. The lowest BCUT2D eigenvalue weighted by Gasteiger charge is -2.07. The first-order valence-electron chi connectivity index (χ1n) is 5.92. The molecule has 0 fully saturated rings. The number of nitrogens with zero attached hydrogens (tertiary/aromatic N) is 1. The molecule has 2 rings (SSSR count). The largest absolute Gasteiger partial charge is 0.457 e. The Morgan fingerprint density at radius 2 is 1.95 bits per heavy atom. The molecule has 21 heavy (non-hydrogen) atoms. The van der Waals surface area contributed by atoms with Gasteiger partial charge in [-0.2, -0.15) is 5.26 Å². The molecule has 0 aliphatic rings. The number of halogens is 2. The molecule has 0 bridgehead atoms. The van der Waals surface area contributed by atoms with Gasteiger partial charge in [0.25, 0.3) is 0 Å². The molecule has 106 valence electrons. The maximum Gasteiger partial charge on any atom is 0.338 e. The van der Waals surface area contributed by atoms with Crippen LogP contribution in [0.5, 0.6) is 0 Å². The van der Waals surface area contributed by atoms with Crippen molar-refractivity contribution in [2.24, 2.45) is 0 Å². The van der Waals surface area contributed by atoms with E-state index in [1.54, 1.807) is 0 Å². The zero-order chi connectivity index (χ0) is 15.4. The van der Waals surface area contributed by atoms with E-state index >= 15 is 0 Å². The molecule has 0 saturated carbocycles. The van der Waals surface area contributed by atoms with E-state index in [9.17, 15) is 13.6 Å². The molecule has 0 heterocycles. The third-order valence-electron chi connectivity index (χ3n) is 2.77. The van der Waals surface area contributed by atoms with Crippen LogP contribution in [0.15, 0.2) is 36.4 Å². The number of rotatable bonds is 3. The highest BCUT2D eigenvalue weighted by atomic mass is 19.1. The van der Waals surface area contributed by atoms with E-state index in [4.69, 9.17) is 15.7 Å². The van der Waals surface area contributed by atoms with Crippen molar-refractivity contribution < 1.29 is 18.3 Å². The average Bonchev–Trinajstić information content (AvgIpc) is 2.49. The predicted molar refractivity (Wildman–Crippen MR) is 71.0 cm³/mol. The lowest BCUT2D eigenvalue weighted by Crippen LogP contribution is -2.07. The maximum atomic E-state index is 13.5. The van der Waals surface area contributed by atoms with Gasteiger partial charge in [-0.05, 0) is 36.4 Å². The summed E-state index contributed by atoms with van der Waals surface area (Å²) in [5.41, 5.74) is 5.50. The average molecular weight is 288 g/mol. The van der Waals surface area contributed by atoms with E-state index in [1.165, 1.54) is 24.3 Å². The van der Waals surface area contributed by atoms with Crippen LogP contribution in [-0.2, 0) is 11.3 Å². The van der Waals surface area contributed by atoms with Crippen LogP contribution < -0.4 is 5.73 Å². The monoisotopic (exact) mass is 288 g/mol. The number of nitrogens with two attached hydrogens (primary N) is 1. The highest BCUT2D eigenvalue weighted by Gasteiger charge is 2.12. The lowest BCUT2D eigenvalue weighted by molar-refractivity contribution is 0.0468. The molecule has 0 aliphatic carbocycles. The molecule has 0 amide bonds. The summed E-state index contributed by atoms with van der Waals surface area (Å²) in [6, 6.07) is 9.06. The van der Waals surface area contributed by atoms with Gasteiger partial charge in [-0.3, -0.25) is 0 Å².